The van der Waals surface area contributed by atoms with Crippen molar-refractivity contribution in [1.82, 2.24) is 10.7 Å². The van der Waals surface area contributed by atoms with Gasteiger partial charge in [0.15, 0.2) is 0 Å². The van der Waals surface area contributed by atoms with E-state index in [1.165, 1.54) is 0 Å². The van der Waals surface area contributed by atoms with Gasteiger partial charge in [-0.05, 0) is 30.2 Å². The molecule has 0 radical (unpaired) electrons. The number of nitrogens with two attached hydrogens (primary N) is 1. The number of hydrogen-bond acceptors (Lipinski definition) is 5. The van der Waals surface area contributed by atoms with Gasteiger partial charge in [-0.2, -0.15) is 0 Å². The largest absolute Gasteiger partial charge is 0.497 e. The lowest BCUT2D eigenvalue weighted by Crippen LogP contribution is -2.34. The molecule has 0 saturated heterocycles. The van der Waals surface area contributed by atoms with E-state index in [9.17, 15) is 0 Å². The maximum Gasteiger partial charge on any atom is 0.122 e. The molecule has 4 N–H and O–H groups in total. The lowest BCUT2D eigenvalue weighted by molar-refractivity contribution is 0.398. The number of nitrogens with one attached hydrogen (secondary N) is 2. The highest BCUT2D eigenvalue weighted by atomic mass is 16.5. The molecule has 0 heterocycles. The summed E-state index contributed by atoms with van der Waals surface area (Å²) >= 11 is 0. The molecule has 0 aliphatic heterocycles. The molecule has 1 aromatic carbocycles. The van der Waals surface area contributed by atoms with Gasteiger partial charge in [0, 0.05) is 6.54 Å². The Hall–Kier alpha value is -1.30. The standard InChI is InChI=1S/C11H19N3O2/c1-15-10-3-4-11(16-2)9(7-10)5-6-13-8-14-12/h3-4,7,13-14H,5-6,8,12H2,1-2H3. The van der Waals surface area contributed by atoms with E-state index in [-0.39, 0.29) is 0 Å². The van der Waals surface area contributed by atoms with Crippen LogP contribution in [-0.4, -0.2) is 27.4 Å². The van der Waals surface area contributed by atoms with Gasteiger partial charge in [-0.15, -0.1) is 0 Å². The first-order valence-electron chi connectivity index (χ1n) is 5.17. The molecular weight excluding hydrogens is 206 g/mol. The van der Waals surface area contributed by atoms with Crippen molar-refractivity contribution in [2.75, 3.05) is 27.4 Å². The van der Waals surface area contributed by atoms with Crippen molar-refractivity contribution in [2.24, 2.45) is 5.84 Å². The van der Waals surface area contributed by atoms with Gasteiger partial charge in [0.2, 0.25) is 0 Å². The molecule has 0 aromatic heterocycles. The molecule has 16 heavy (non-hydrogen) atoms. The van der Waals surface area contributed by atoms with Crippen LogP contribution in [-0.2, 0) is 6.42 Å². The molecular formula is C11H19N3O2. The summed E-state index contributed by atoms with van der Waals surface area (Å²) in [6, 6.07) is 5.78. The number of hydrogen-bond donors (Lipinski definition) is 3. The summed E-state index contributed by atoms with van der Waals surface area (Å²) in [5, 5.41) is 3.14. The van der Waals surface area contributed by atoms with E-state index >= 15 is 0 Å². The van der Waals surface area contributed by atoms with Crippen LogP contribution in [0, 0.1) is 0 Å². The number of benzene rings is 1. The SMILES string of the molecule is COc1ccc(OC)c(CCNCNN)c1. The second kappa shape index (κ2) is 7.05. The summed E-state index contributed by atoms with van der Waals surface area (Å²) in [6.45, 7) is 1.42. The zero-order valence-corrected chi connectivity index (χ0v) is 9.75. The van der Waals surface area contributed by atoms with E-state index in [2.05, 4.69) is 10.7 Å². The highest BCUT2D eigenvalue weighted by molar-refractivity contribution is 5.40. The van der Waals surface area contributed by atoms with Crippen LogP contribution in [0.1, 0.15) is 5.56 Å². The second-order valence-electron chi connectivity index (χ2n) is 3.31. The Labute approximate surface area is 95.9 Å². The van der Waals surface area contributed by atoms with Gasteiger partial charge in [0.1, 0.15) is 11.5 Å². The molecule has 5 heteroatoms. The Balaban J connectivity index is 2.60. The van der Waals surface area contributed by atoms with Gasteiger partial charge in [-0.1, -0.05) is 0 Å². The molecule has 0 bridgehead atoms. The first-order valence-corrected chi connectivity index (χ1v) is 5.17. The third-order valence-corrected chi connectivity index (χ3v) is 2.29. The summed E-state index contributed by atoms with van der Waals surface area (Å²) in [5.74, 6) is 6.87. The van der Waals surface area contributed by atoms with Gasteiger partial charge in [-0.3, -0.25) is 5.84 Å². The molecule has 5 nitrogen and oxygen atoms in total. The number of rotatable bonds is 7. The minimum Gasteiger partial charge on any atom is -0.497 e. The third-order valence-electron chi connectivity index (χ3n) is 2.29. The molecule has 0 atom stereocenters. The van der Waals surface area contributed by atoms with Crippen LogP contribution in [0.3, 0.4) is 0 Å². The van der Waals surface area contributed by atoms with E-state index in [0.29, 0.717) is 6.67 Å². The molecule has 0 fully saturated rings. The second-order valence-corrected chi connectivity index (χ2v) is 3.31. The van der Waals surface area contributed by atoms with Crippen molar-refractivity contribution in [1.29, 1.82) is 0 Å². The Bertz CT molecular complexity index is 318. The number of methoxy groups -OCH3 is 2. The summed E-state index contributed by atoms with van der Waals surface area (Å²) in [7, 11) is 3.32. The van der Waals surface area contributed by atoms with Crippen LogP contribution in [0.4, 0.5) is 0 Å². The Kier molecular flexibility index (Phi) is 5.63. The molecule has 0 aliphatic carbocycles. The molecule has 1 rings (SSSR count). The number of ether oxygens (including phenoxy) is 2. The average Bonchev–Trinajstić information content (AvgIpc) is 2.34. The van der Waals surface area contributed by atoms with Crippen molar-refractivity contribution in [3.8, 4) is 11.5 Å². The van der Waals surface area contributed by atoms with Crippen molar-refractivity contribution < 1.29 is 9.47 Å². The molecule has 0 unspecified atom stereocenters. The average molecular weight is 225 g/mol. The van der Waals surface area contributed by atoms with Crippen LogP contribution in [0.5, 0.6) is 11.5 Å². The van der Waals surface area contributed by atoms with Crippen LogP contribution in [0.25, 0.3) is 0 Å². The zero-order valence-electron chi connectivity index (χ0n) is 9.75. The summed E-state index contributed by atoms with van der Waals surface area (Å²) < 4.78 is 10.5. The van der Waals surface area contributed by atoms with Crippen LogP contribution >= 0.6 is 0 Å². The smallest absolute Gasteiger partial charge is 0.122 e. The highest BCUT2D eigenvalue weighted by Gasteiger charge is 2.04. The van der Waals surface area contributed by atoms with E-state index in [4.69, 9.17) is 15.3 Å². The van der Waals surface area contributed by atoms with Crippen molar-refractivity contribution in [3.63, 3.8) is 0 Å². The lowest BCUT2D eigenvalue weighted by Gasteiger charge is -2.10. The molecule has 0 aliphatic rings. The molecule has 0 amide bonds. The first-order chi connectivity index (χ1) is 7.81. The lowest BCUT2D eigenvalue weighted by atomic mass is 10.1. The summed E-state index contributed by atoms with van der Waals surface area (Å²) in [5.41, 5.74) is 3.66. The van der Waals surface area contributed by atoms with E-state index in [0.717, 1.165) is 30.0 Å². The first kappa shape index (κ1) is 12.8. The van der Waals surface area contributed by atoms with Gasteiger partial charge in [-0.25, -0.2) is 5.43 Å². The predicted molar refractivity (Wildman–Crippen MR) is 63.4 cm³/mol. The van der Waals surface area contributed by atoms with Gasteiger partial charge >= 0.3 is 0 Å². The highest BCUT2D eigenvalue weighted by Crippen LogP contribution is 2.23. The zero-order chi connectivity index (χ0) is 11.8. The third kappa shape index (κ3) is 3.69. The minimum absolute atomic E-state index is 0.590. The van der Waals surface area contributed by atoms with E-state index in [1.807, 2.05) is 18.2 Å². The molecule has 90 valence electrons. The number of hydrazine groups is 1. The van der Waals surface area contributed by atoms with Crippen LogP contribution in [0.2, 0.25) is 0 Å². The normalized spacial score (nSPS) is 10.2. The van der Waals surface area contributed by atoms with Gasteiger partial charge in [0.25, 0.3) is 0 Å². The van der Waals surface area contributed by atoms with Crippen molar-refractivity contribution in [2.45, 2.75) is 6.42 Å². The van der Waals surface area contributed by atoms with Crippen LogP contribution < -0.4 is 26.1 Å². The quantitative estimate of drug-likeness (QED) is 0.269. The van der Waals surface area contributed by atoms with Crippen molar-refractivity contribution >= 4 is 0 Å². The maximum atomic E-state index is 5.28. The van der Waals surface area contributed by atoms with Gasteiger partial charge in [0.05, 0.1) is 20.9 Å². The Morgan fingerprint density at radius 1 is 1.25 bits per heavy atom. The van der Waals surface area contributed by atoms with Crippen molar-refractivity contribution in [3.05, 3.63) is 23.8 Å². The topological polar surface area (TPSA) is 68.5 Å². The minimum atomic E-state index is 0.590. The summed E-state index contributed by atoms with van der Waals surface area (Å²) in [6.07, 6.45) is 0.863. The molecule has 0 saturated carbocycles. The predicted octanol–water partition coefficient (Wildman–Crippen LogP) is 0.257. The fourth-order valence-electron chi connectivity index (χ4n) is 1.46. The summed E-state index contributed by atoms with van der Waals surface area (Å²) in [4.78, 5) is 0. The fourth-order valence-corrected chi connectivity index (χ4v) is 1.46. The Morgan fingerprint density at radius 2 is 2.06 bits per heavy atom. The molecule has 1 aromatic rings. The van der Waals surface area contributed by atoms with E-state index in [1.54, 1.807) is 14.2 Å². The Morgan fingerprint density at radius 3 is 2.69 bits per heavy atom. The van der Waals surface area contributed by atoms with Crippen LogP contribution in [0.15, 0.2) is 18.2 Å². The molecule has 0 spiro atoms. The maximum absolute atomic E-state index is 5.28. The fraction of sp³-hybridized carbons (Fsp3) is 0.455. The van der Waals surface area contributed by atoms with Gasteiger partial charge < -0.3 is 14.8 Å². The monoisotopic (exact) mass is 225 g/mol. The van der Waals surface area contributed by atoms with E-state index < -0.39 is 0 Å².